The Hall–Kier alpha value is -2.11. The second kappa shape index (κ2) is 6.11. The van der Waals surface area contributed by atoms with Crippen LogP contribution >= 0.6 is 0 Å². The molecule has 1 aliphatic carbocycles. The molecule has 1 aromatic rings. The molecule has 4 N–H and O–H groups in total. The molecule has 2 rings (SSSR count). The van der Waals surface area contributed by atoms with E-state index in [1.807, 2.05) is 0 Å². The molecule has 6 heteroatoms. The Morgan fingerprint density at radius 1 is 1.48 bits per heavy atom. The van der Waals surface area contributed by atoms with Crippen LogP contribution < -0.4 is 11.1 Å². The first-order valence-electron chi connectivity index (χ1n) is 7.04. The number of carbonyl (C=O) groups excluding carboxylic acids is 1. The van der Waals surface area contributed by atoms with Gasteiger partial charge in [0.1, 0.15) is 11.2 Å². The van der Waals surface area contributed by atoms with Crippen LogP contribution in [0.4, 0.5) is 4.39 Å². The predicted molar refractivity (Wildman–Crippen MR) is 77.3 cm³/mol. The Balaban J connectivity index is 2.16. The highest BCUT2D eigenvalue weighted by molar-refractivity contribution is 6.07. The number of hydrogen-bond donors (Lipinski definition) is 3. The highest BCUT2D eigenvalue weighted by atomic mass is 19.1. The largest absolute Gasteiger partial charge is 0.409 e. The number of oxime groups is 1. The summed E-state index contributed by atoms with van der Waals surface area (Å²) in [5.41, 5.74) is 5.46. The van der Waals surface area contributed by atoms with Crippen LogP contribution in [0.15, 0.2) is 29.4 Å². The van der Waals surface area contributed by atoms with Gasteiger partial charge < -0.3 is 16.3 Å². The Morgan fingerprint density at radius 3 is 2.71 bits per heavy atom. The van der Waals surface area contributed by atoms with Crippen LogP contribution in [0.2, 0.25) is 0 Å². The van der Waals surface area contributed by atoms with Crippen LogP contribution in [0.3, 0.4) is 0 Å². The van der Waals surface area contributed by atoms with Gasteiger partial charge in [0.05, 0.1) is 6.04 Å². The summed E-state index contributed by atoms with van der Waals surface area (Å²) in [7, 11) is 0. The van der Waals surface area contributed by atoms with Crippen molar-refractivity contribution in [2.45, 2.75) is 38.6 Å². The van der Waals surface area contributed by atoms with Crippen molar-refractivity contribution in [3.63, 3.8) is 0 Å². The van der Waals surface area contributed by atoms with Crippen molar-refractivity contribution in [1.82, 2.24) is 5.32 Å². The monoisotopic (exact) mass is 293 g/mol. The molecule has 114 valence electrons. The molecule has 0 bridgehead atoms. The zero-order chi connectivity index (χ0) is 15.5. The Morgan fingerprint density at radius 2 is 2.14 bits per heavy atom. The number of halogens is 1. The van der Waals surface area contributed by atoms with E-state index in [1.165, 1.54) is 12.1 Å². The van der Waals surface area contributed by atoms with Crippen LogP contribution in [-0.4, -0.2) is 17.0 Å². The number of amides is 1. The van der Waals surface area contributed by atoms with E-state index in [-0.39, 0.29) is 23.6 Å². The number of rotatable bonds is 4. The van der Waals surface area contributed by atoms with Crippen molar-refractivity contribution in [2.24, 2.45) is 16.3 Å². The molecule has 0 spiro atoms. The molecule has 1 fully saturated rings. The standard InChI is InChI=1S/C15H20FN3O2/c1-10(11-5-4-6-12(16)9-11)18-14(20)15(13(17)19-21)7-2-3-8-15/h4-6,9-10,21H,2-3,7-8H2,1H3,(H2,17,19)(H,18,20). The second-order valence-corrected chi connectivity index (χ2v) is 5.52. The maximum atomic E-state index is 13.2. The van der Waals surface area contributed by atoms with E-state index >= 15 is 0 Å². The van der Waals surface area contributed by atoms with Crippen LogP contribution in [0.5, 0.6) is 0 Å². The van der Waals surface area contributed by atoms with Gasteiger partial charge in [0.25, 0.3) is 0 Å². The van der Waals surface area contributed by atoms with E-state index in [4.69, 9.17) is 10.9 Å². The average Bonchev–Trinajstić information content (AvgIpc) is 2.97. The molecule has 0 radical (unpaired) electrons. The smallest absolute Gasteiger partial charge is 0.234 e. The van der Waals surface area contributed by atoms with Crippen molar-refractivity contribution in [1.29, 1.82) is 0 Å². The van der Waals surface area contributed by atoms with Crippen molar-refractivity contribution < 1.29 is 14.4 Å². The minimum atomic E-state index is -0.948. The van der Waals surface area contributed by atoms with Crippen molar-refractivity contribution in [2.75, 3.05) is 0 Å². The molecule has 1 aromatic carbocycles. The molecule has 1 saturated carbocycles. The van der Waals surface area contributed by atoms with E-state index in [2.05, 4.69) is 10.5 Å². The zero-order valence-corrected chi connectivity index (χ0v) is 12.0. The summed E-state index contributed by atoms with van der Waals surface area (Å²) in [4.78, 5) is 12.6. The third-order valence-electron chi connectivity index (χ3n) is 4.19. The van der Waals surface area contributed by atoms with E-state index in [1.54, 1.807) is 19.1 Å². The molecule has 1 aliphatic rings. The molecular formula is C15H20FN3O2. The first-order chi connectivity index (χ1) is 9.99. The minimum Gasteiger partial charge on any atom is -0.409 e. The Bertz CT molecular complexity index is 554. The topological polar surface area (TPSA) is 87.7 Å². The van der Waals surface area contributed by atoms with Gasteiger partial charge in [-0.1, -0.05) is 30.1 Å². The van der Waals surface area contributed by atoms with Gasteiger partial charge in [-0.05, 0) is 37.5 Å². The van der Waals surface area contributed by atoms with E-state index in [0.717, 1.165) is 12.8 Å². The number of carbonyl (C=O) groups is 1. The van der Waals surface area contributed by atoms with Gasteiger partial charge in [-0.3, -0.25) is 4.79 Å². The summed E-state index contributed by atoms with van der Waals surface area (Å²) < 4.78 is 13.2. The number of nitrogens with two attached hydrogens (primary N) is 1. The number of nitrogens with one attached hydrogen (secondary N) is 1. The quantitative estimate of drug-likeness (QED) is 0.344. The lowest BCUT2D eigenvalue weighted by Gasteiger charge is -2.28. The van der Waals surface area contributed by atoms with Gasteiger partial charge in [-0.25, -0.2) is 4.39 Å². The molecule has 1 unspecified atom stereocenters. The second-order valence-electron chi connectivity index (χ2n) is 5.52. The summed E-state index contributed by atoms with van der Waals surface area (Å²) in [6, 6.07) is 5.74. The van der Waals surface area contributed by atoms with E-state index in [0.29, 0.717) is 18.4 Å². The zero-order valence-electron chi connectivity index (χ0n) is 12.0. The van der Waals surface area contributed by atoms with E-state index < -0.39 is 5.41 Å². The Kier molecular flexibility index (Phi) is 4.45. The number of hydrogen-bond acceptors (Lipinski definition) is 3. The third kappa shape index (κ3) is 2.99. The summed E-state index contributed by atoms with van der Waals surface area (Å²) in [6.45, 7) is 1.78. The van der Waals surface area contributed by atoms with Crippen LogP contribution in [0.1, 0.15) is 44.2 Å². The molecule has 21 heavy (non-hydrogen) atoms. The fourth-order valence-electron chi connectivity index (χ4n) is 2.87. The van der Waals surface area contributed by atoms with Gasteiger partial charge in [0, 0.05) is 0 Å². The number of nitrogens with zero attached hydrogens (tertiary/aromatic N) is 1. The number of benzene rings is 1. The number of amidine groups is 1. The minimum absolute atomic E-state index is 0.0519. The van der Waals surface area contributed by atoms with Gasteiger partial charge in [-0.2, -0.15) is 0 Å². The van der Waals surface area contributed by atoms with Gasteiger partial charge in [0.2, 0.25) is 5.91 Å². The molecule has 5 nitrogen and oxygen atoms in total. The first kappa shape index (κ1) is 15.3. The first-order valence-corrected chi connectivity index (χ1v) is 7.04. The van der Waals surface area contributed by atoms with Crippen molar-refractivity contribution in [3.05, 3.63) is 35.6 Å². The van der Waals surface area contributed by atoms with Crippen LogP contribution in [0.25, 0.3) is 0 Å². The van der Waals surface area contributed by atoms with Gasteiger partial charge in [-0.15, -0.1) is 0 Å². The van der Waals surface area contributed by atoms with Crippen molar-refractivity contribution in [3.8, 4) is 0 Å². The van der Waals surface area contributed by atoms with E-state index in [9.17, 15) is 9.18 Å². The summed E-state index contributed by atoms with van der Waals surface area (Å²) in [5.74, 6) is -0.670. The molecule has 1 atom stereocenters. The normalized spacial score (nSPS) is 19.2. The maximum absolute atomic E-state index is 13.2. The predicted octanol–water partition coefficient (Wildman–Crippen LogP) is 2.31. The lowest BCUT2D eigenvalue weighted by molar-refractivity contribution is -0.128. The third-order valence-corrected chi connectivity index (χ3v) is 4.19. The molecule has 0 aromatic heterocycles. The Labute approximate surface area is 123 Å². The fourth-order valence-corrected chi connectivity index (χ4v) is 2.87. The fraction of sp³-hybridized carbons (Fsp3) is 0.467. The summed E-state index contributed by atoms with van der Waals surface area (Å²) in [5, 5.41) is 14.8. The van der Waals surface area contributed by atoms with Gasteiger partial charge in [0.15, 0.2) is 5.84 Å². The van der Waals surface area contributed by atoms with Crippen LogP contribution in [-0.2, 0) is 4.79 Å². The highest BCUT2D eigenvalue weighted by Gasteiger charge is 2.45. The molecule has 0 aliphatic heterocycles. The molecular weight excluding hydrogens is 273 g/mol. The van der Waals surface area contributed by atoms with Crippen LogP contribution in [0, 0.1) is 11.2 Å². The average molecular weight is 293 g/mol. The lowest BCUT2D eigenvalue weighted by Crippen LogP contribution is -2.48. The molecule has 0 saturated heterocycles. The lowest BCUT2D eigenvalue weighted by atomic mass is 9.83. The highest BCUT2D eigenvalue weighted by Crippen LogP contribution is 2.39. The van der Waals surface area contributed by atoms with Crippen molar-refractivity contribution >= 4 is 11.7 Å². The summed E-state index contributed by atoms with van der Waals surface area (Å²) in [6.07, 6.45) is 2.84. The molecule has 1 amide bonds. The van der Waals surface area contributed by atoms with Gasteiger partial charge >= 0.3 is 0 Å². The SMILES string of the molecule is CC(NC(=O)C1(C(N)=NO)CCCC1)c1cccc(F)c1. The summed E-state index contributed by atoms with van der Waals surface area (Å²) >= 11 is 0. The maximum Gasteiger partial charge on any atom is 0.234 e. The molecule has 0 heterocycles.